The highest BCUT2D eigenvalue weighted by atomic mass is 16.3. The van der Waals surface area contributed by atoms with Crippen molar-refractivity contribution in [3.63, 3.8) is 0 Å². The van der Waals surface area contributed by atoms with E-state index in [1.54, 1.807) is 24.3 Å². The van der Waals surface area contributed by atoms with Gasteiger partial charge in [0.2, 0.25) is 0 Å². The number of carbonyl (C=O) groups is 1. The summed E-state index contributed by atoms with van der Waals surface area (Å²) in [6.07, 6.45) is 4.66. The molecule has 19 heavy (non-hydrogen) atoms. The van der Waals surface area contributed by atoms with Crippen molar-refractivity contribution >= 4 is 5.78 Å². The quantitative estimate of drug-likeness (QED) is 0.830. The second-order valence-electron chi connectivity index (χ2n) is 5.07. The Labute approximate surface area is 112 Å². The maximum atomic E-state index is 12.4. The Kier molecular flexibility index (Phi) is 3.08. The minimum atomic E-state index is 0.0216. The number of phenolic OH excluding ortho intramolecular Hbond substituents is 1. The van der Waals surface area contributed by atoms with E-state index in [1.807, 2.05) is 12.1 Å². The molecule has 0 atom stereocenters. The van der Waals surface area contributed by atoms with Crippen LogP contribution < -0.4 is 0 Å². The zero-order chi connectivity index (χ0) is 13.2. The highest BCUT2D eigenvalue weighted by Crippen LogP contribution is 2.23. The molecule has 2 nitrogen and oxygen atoms in total. The fourth-order valence-corrected chi connectivity index (χ4v) is 2.65. The number of carbonyl (C=O) groups excluding carboxylic acids is 1. The summed E-state index contributed by atoms with van der Waals surface area (Å²) in [6.45, 7) is 0. The molecule has 0 radical (unpaired) electrons. The second kappa shape index (κ2) is 4.88. The lowest BCUT2D eigenvalue weighted by Gasteiger charge is -2.16. The number of benzene rings is 2. The normalized spacial score (nSPS) is 13.9. The Morgan fingerprint density at radius 1 is 0.842 bits per heavy atom. The predicted octanol–water partition coefficient (Wildman–Crippen LogP) is 3.50. The molecule has 0 bridgehead atoms. The molecule has 0 unspecified atom stereocenters. The van der Waals surface area contributed by atoms with Gasteiger partial charge < -0.3 is 5.11 Å². The molecule has 1 aliphatic rings. The van der Waals surface area contributed by atoms with Crippen LogP contribution >= 0.6 is 0 Å². The van der Waals surface area contributed by atoms with Crippen molar-refractivity contribution in [1.29, 1.82) is 0 Å². The number of rotatable bonds is 2. The first-order valence-corrected chi connectivity index (χ1v) is 6.69. The first-order chi connectivity index (χ1) is 9.24. The number of fused-ring (bicyclic) bond motifs is 1. The predicted molar refractivity (Wildman–Crippen MR) is 74.6 cm³/mol. The largest absolute Gasteiger partial charge is 0.508 e. The number of aryl methyl sites for hydroxylation is 2. The first-order valence-electron chi connectivity index (χ1n) is 6.69. The Hall–Kier alpha value is -2.09. The second-order valence-corrected chi connectivity index (χ2v) is 5.07. The zero-order valence-electron chi connectivity index (χ0n) is 10.7. The molecule has 0 heterocycles. The molecule has 1 N–H and O–H groups in total. The summed E-state index contributed by atoms with van der Waals surface area (Å²) < 4.78 is 0. The van der Waals surface area contributed by atoms with Crippen LogP contribution in [0.2, 0.25) is 0 Å². The molecule has 1 aliphatic carbocycles. The van der Waals surface area contributed by atoms with Gasteiger partial charge in [-0.25, -0.2) is 0 Å². The monoisotopic (exact) mass is 252 g/mol. The van der Waals surface area contributed by atoms with E-state index in [4.69, 9.17) is 0 Å². The molecular formula is C17H16O2. The zero-order valence-corrected chi connectivity index (χ0v) is 10.7. The summed E-state index contributed by atoms with van der Waals surface area (Å²) in [7, 11) is 0. The van der Waals surface area contributed by atoms with Crippen LogP contribution in [0.3, 0.4) is 0 Å². The number of aromatic hydroxyl groups is 1. The van der Waals surface area contributed by atoms with Crippen LogP contribution in [0, 0.1) is 0 Å². The summed E-state index contributed by atoms with van der Waals surface area (Å²) in [5.74, 6) is 0.204. The van der Waals surface area contributed by atoms with Gasteiger partial charge >= 0.3 is 0 Å². The van der Waals surface area contributed by atoms with Crippen molar-refractivity contribution in [2.75, 3.05) is 0 Å². The summed E-state index contributed by atoms with van der Waals surface area (Å²) in [5.41, 5.74) is 4.06. The standard InChI is InChI=1S/C17H16O2/c18-16-9-7-13(8-10-16)17(19)15-6-5-12-3-1-2-4-14(12)11-15/h5-11,18H,1-4H2. The highest BCUT2D eigenvalue weighted by molar-refractivity contribution is 6.09. The van der Waals surface area contributed by atoms with Crippen LogP contribution in [-0.2, 0) is 12.8 Å². The SMILES string of the molecule is O=C(c1ccc(O)cc1)c1ccc2c(c1)CCCC2. The van der Waals surface area contributed by atoms with Crippen LogP contribution in [0.25, 0.3) is 0 Å². The fourth-order valence-electron chi connectivity index (χ4n) is 2.65. The third-order valence-corrected chi connectivity index (χ3v) is 3.74. The van der Waals surface area contributed by atoms with Gasteiger partial charge in [0.1, 0.15) is 5.75 Å². The van der Waals surface area contributed by atoms with Crippen molar-refractivity contribution in [1.82, 2.24) is 0 Å². The van der Waals surface area contributed by atoms with Crippen LogP contribution in [-0.4, -0.2) is 10.9 Å². The Morgan fingerprint density at radius 3 is 2.21 bits per heavy atom. The van der Waals surface area contributed by atoms with Crippen molar-refractivity contribution in [3.8, 4) is 5.75 Å². The van der Waals surface area contributed by atoms with E-state index in [0.29, 0.717) is 5.56 Å². The van der Waals surface area contributed by atoms with Crippen LogP contribution in [0.1, 0.15) is 39.9 Å². The van der Waals surface area contributed by atoms with E-state index in [2.05, 4.69) is 6.07 Å². The molecule has 0 aromatic heterocycles. The van der Waals surface area contributed by atoms with Gasteiger partial charge in [0.25, 0.3) is 0 Å². The van der Waals surface area contributed by atoms with Gasteiger partial charge in [-0.05, 0) is 67.1 Å². The minimum absolute atomic E-state index is 0.0216. The molecule has 0 saturated carbocycles. The maximum absolute atomic E-state index is 12.4. The lowest BCUT2D eigenvalue weighted by molar-refractivity contribution is 0.103. The summed E-state index contributed by atoms with van der Waals surface area (Å²) >= 11 is 0. The topological polar surface area (TPSA) is 37.3 Å². The molecule has 0 fully saturated rings. The van der Waals surface area contributed by atoms with E-state index in [9.17, 15) is 9.90 Å². The van der Waals surface area contributed by atoms with E-state index in [1.165, 1.54) is 24.0 Å². The van der Waals surface area contributed by atoms with Gasteiger partial charge in [-0.1, -0.05) is 12.1 Å². The van der Waals surface area contributed by atoms with E-state index < -0.39 is 0 Å². The van der Waals surface area contributed by atoms with Crippen molar-refractivity contribution in [3.05, 3.63) is 64.7 Å². The Balaban J connectivity index is 1.93. The van der Waals surface area contributed by atoms with Gasteiger partial charge in [0, 0.05) is 11.1 Å². The molecule has 0 saturated heterocycles. The third kappa shape index (κ3) is 2.39. The van der Waals surface area contributed by atoms with Crippen LogP contribution in [0.4, 0.5) is 0 Å². The first kappa shape index (κ1) is 12.0. The number of phenols is 1. The molecule has 0 spiro atoms. The molecule has 2 aromatic rings. The molecule has 2 heteroatoms. The van der Waals surface area contributed by atoms with Crippen molar-refractivity contribution < 1.29 is 9.90 Å². The average molecular weight is 252 g/mol. The van der Waals surface area contributed by atoms with Crippen molar-refractivity contribution in [2.45, 2.75) is 25.7 Å². The molecule has 0 aliphatic heterocycles. The Morgan fingerprint density at radius 2 is 1.47 bits per heavy atom. The summed E-state index contributed by atoms with van der Waals surface area (Å²) in [6, 6.07) is 12.5. The van der Waals surface area contributed by atoms with E-state index in [0.717, 1.165) is 18.4 Å². The van der Waals surface area contributed by atoms with Gasteiger partial charge in [-0.15, -0.1) is 0 Å². The number of hydrogen-bond donors (Lipinski definition) is 1. The van der Waals surface area contributed by atoms with Gasteiger partial charge in [0.05, 0.1) is 0 Å². The number of ketones is 1. The van der Waals surface area contributed by atoms with Gasteiger partial charge in [-0.2, -0.15) is 0 Å². The lowest BCUT2D eigenvalue weighted by Crippen LogP contribution is -2.07. The van der Waals surface area contributed by atoms with Crippen molar-refractivity contribution in [2.24, 2.45) is 0 Å². The van der Waals surface area contributed by atoms with Gasteiger partial charge in [0.15, 0.2) is 5.78 Å². The minimum Gasteiger partial charge on any atom is -0.508 e. The average Bonchev–Trinajstić information content (AvgIpc) is 2.47. The molecular weight excluding hydrogens is 236 g/mol. The van der Waals surface area contributed by atoms with E-state index in [-0.39, 0.29) is 11.5 Å². The highest BCUT2D eigenvalue weighted by Gasteiger charge is 2.14. The molecule has 96 valence electrons. The van der Waals surface area contributed by atoms with Crippen LogP contribution in [0.5, 0.6) is 5.75 Å². The van der Waals surface area contributed by atoms with Crippen LogP contribution in [0.15, 0.2) is 42.5 Å². The number of hydrogen-bond acceptors (Lipinski definition) is 2. The van der Waals surface area contributed by atoms with Gasteiger partial charge in [-0.3, -0.25) is 4.79 Å². The maximum Gasteiger partial charge on any atom is 0.193 e. The van der Waals surface area contributed by atoms with E-state index >= 15 is 0 Å². The molecule has 2 aromatic carbocycles. The smallest absolute Gasteiger partial charge is 0.193 e. The fraction of sp³-hybridized carbons (Fsp3) is 0.235. The Bertz CT molecular complexity index is 612. The molecule has 3 rings (SSSR count). The summed E-state index contributed by atoms with van der Waals surface area (Å²) in [4.78, 5) is 12.4. The molecule has 0 amide bonds. The third-order valence-electron chi connectivity index (χ3n) is 3.74. The summed E-state index contributed by atoms with van der Waals surface area (Å²) in [5, 5.41) is 9.26. The lowest BCUT2D eigenvalue weighted by atomic mass is 9.89.